The smallest absolute Gasteiger partial charge is 0.245 e. The number of aromatic nitrogens is 3. The SMILES string of the molecule is Cc1cc(-c2nc(N3CC(C)NC(C)C3)n[nH]2)ccc1O. The van der Waals surface area contributed by atoms with E-state index < -0.39 is 0 Å². The number of nitrogens with one attached hydrogen (secondary N) is 2. The fraction of sp³-hybridized carbons (Fsp3) is 0.467. The molecule has 21 heavy (non-hydrogen) atoms. The Kier molecular flexibility index (Phi) is 3.55. The number of hydrogen-bond acceptors (Lipinski definition) is 5. The second kappa shape index (κ2) is 5.37. The van der Waals surface area contributed by atoms with E-state index in [-0.39, 0.29) is 0 Å². The first-order chi connectivity index (χ1) is 10.0. The van der Waals surface area contributed by atoms with Crippen molar-refractivity contribution in [2.75, 3.05) is 18.0 Å². The van der Waals surface area contributed by atoms with Crippen molar-refractivity contribution in [3.05, 3.63) is 23.8 Å². The van der Waals surface area contributed by atoms with Crippen LogP contribution in [0.3, 0.4) is 0 Å². The van der Waals surface area contributed by atoms with Crippen LogP contribution in [-0.4, -0.2) is 45.5 Å². The normalized spacial score (nSPS) is 22.5. The molecule has 0 radical (unpaired) electrons. The third-order valence-electron chi connectivity index (χ3n) is 3.78. The zero-order chi connectivity index (χ0) is 15.0. The Bertz CT molecular complexity index is 629. The molecular formula is C15H21N5O. The van der Waals surface area contributed by atoms with Crippen LogP contribution in [0.5, 0.6) is 5.75 Å². The van der Waals surface area contributed by atoms with E-state index in [1.165, 1.54) is 0 Å². The summed E-state index contributed by atoms with van der Waals surface area (Å²) in [5.41, 5.74) is 1.76. The van der Waals surface area contributed by atoms with Gasteiger partial charge >= 0.3 is 0 Å². The van der Waals surface area contributed by atoms with Crippen molar-refractivity contribution in [3.8, 4) is 17.1 Å². The van der Waals surface area contributed by atoms with Crippen molar-refractivity contribution in [3.63, 3.8) is 0 Å². The summed E-state index contributed by atoms with van der Waals surface area (Å²) in [5.74, 6) is 1.76. The lowest BCUT2D eigenvalue weighted by Crippen LogP contribution is -2.54. The highest BCUT2D eigenvalue weighted by Crippen LogP contribution is 2.24. The van der Waals surface area contributed by atoms with Crippen molar-refractivity contribution in [2.45, 2.75) is 32.9 Å². The van der Waals surface area contributed by atoms with Gasteiger partial charge in [-0.3, -0.25) is 5.10 Å². The Balaban J connectivity index is 1.84. The number of phenols is 1. The van der Waals surface area contributed by atoms with Crippen LogP contribution in [0.15, 0.2) is 18.2 Å². The van der Waals surface area contributed by atoms with Crippen LogP contribution in [-0.2, 0) is 0 Å². The van der Waals surface area contributed by atoms with E-state index in [1.807, 2.05) is 19.1 Å². The Morgan fingerprint density at radius 2 is 1.95 bits per heavy atom. The second-order valence-electron chi connectivity index (χ2n) is 5.86. The van der Waals surface area contributed by atoms with Crippen LogP contribution >= 0.6 is 0 Å². The minimum Gasteiger partial charge on any atom is -0.508 e. The van der Waals surface area contributed by atoms with Crippen LogP contribution in [0, 0.1) is 6.92 Å². The zero-order valence-electron chi connectivity index (χ0n) is 12.6. The van der Waals surface area contributed by atoms with Gasteiger partial charge in [-0.1, -0.05) is 0 Å². The highest BCUT2D eigenvalue weighted by Gasteiger charge is 2.23. The number of aromatic hydroxyl groups is 1. The number of aryl methyl sites for hydroxylation is 1. The average Bonchev–Trinajstić information content (AvgIpc) is 2.90. The van der Waals surface area contributed by atoms with Gasteiger partial charge in [-0.05, 0) is 44.5 Å². The van der Waals surface area contributed by atoms with Crippen molar-refractivity contribution < 1.29 is 5.11 Å². The quantitative estimate of drug-likeness (QED) is 0.783. The Hall–Kier alpha value is -2.08. The zero-order valence-corrected chi connectivity index (χ0v) is 12.6. The molecule has 6 heteroatoms. The average molecular weight is 287 g/mol. The van der Waals surface area contributed by atoms with Crippen LogP contribution in [0.1, 0.15) is 19.4 Å². The number of phenolic OH excluding ortho intramolecular Hbond substituents is 1. The third-order valence-corrected chi connectivity index (χ3v) is 3.78. The molecule has 2 unspecified atom stereocenters. The molecule has 1 saturated heterocycles. The molecule has 3 N–H and O–H groups in total. The first kappa shape index (κ1) is 13.9. The summed E-state index contributed by atoms with van der Waals surface area (Å²) < 4.78 is 0. The number of anilines is 1. The molecule has 0 aliphatic carbocycles. The molecule has 2 aromatic rings. The lowest BCUT2D eigenvalue weighted by Gasteiger charge is -2.35. The molecule has 1 aromatic heterocycles. The molecule has 0 bridgehead atoms. The van der Waals surface area contributed by atoms with E-state index >= 15 is 0 Å². The number of hydrogen-bond donors (Lipinski definition) is 3. The predicted octanol–water partition coefficient (Wildman–Crippen LogP) is 1.67. The van der Waals surface area contributed by atoms with E-state index in [0.29, 0.717) is 17.8 Å². The Morgan fingerprint density at radius 1 is 1.24 bits per heavy atom. The summed E-state index contributed by atoms with van der Waals surface area (Å²) >= 11 is 0. The Labute approximate surface area is 124 Å². The first-order valence-electron chi connectivity index (χ1n) is 7.26. The van der Waals surface area contributed by atoms with Gasteiger partial charge in [-0.25, -0.2) is 0 Å². The van der Waals surface area contributed by atoms with Gasteiger partial charge in [-0.2, -0.15) is 4.98 Å². The second-order valence-corrected chi connectivity index (χ2v) is 5.86. The molecule has 2 atom stereocenters. The van der Waals surface area contributed by atoms with Gasteiger partial charge in [0.2, 0.25) is 5.95 Å². The van der Waals surface area contributed by atoms with E-state index in [1.54, 1.807) is 6.07 Å². The molecule has 1 fully saturated rings. The number of aromatic amines is 1. The summed E-state index contributed by atoms with van der Waals surface area (Å²) in [4.78, 5) is 6.79. The van der Waals surface area contributed by atoms with Crippen molar-refractivity contribution >= 4 is 5.95 Å². The molecule has 6 nitrogen and oxygen atoms in total. The van der Waals surface area contributed by atoms with E-state index in [4.69, 9.17) is 0 Å². The summed E-state index contributed by atoms with van der Waals surface area (Å²) in [7, 11) is 0. The van der Waals surface area contributed by atoms with Crippen LogP contribution in [0.25, 0.3) is 11.4 Å². The van der Waals surface area contributed by atoms with Gasteiger partial charge < -0.3 is 15.3 Å². The summed E-state index contributed by atoms with van der Waals surface area (Å²) in [6.45, 7) is 8.00. The van der Waals surface area contributed by atoms with Gasteiger partial charge in [0.05, 0.1) is 0 Å². The summed E-state index contributed by atoms with van der Waals surface area (Å²) in [5, 5.41) is 20.4. The molecule has 112 valence electrons. The maximum Gasteiger partial charge on any atom is 0.245 e. The van der Waals surface area contributed by atoms with Gasteiger partial charge in [0.25, 0.3) is 0 Å². The van der Waals surface area contributed by atoms with Gasteiger partial charge in [0.1, 0.15) is 5.75 Å². The molecule has 1 aliphatic heterocycles. The highest BCUT2D eigenvalue weighted by molar-refractivity contribution is 5.59. The van der Waals surface area contributed by atoms with E-state index in [0.717, 1.165) is 36.0 Å². The molecule has 2 heterocycles. The minimum absolute atomic E-state index is 0.295. The van der Waals surface area contributed by atoms with E-state index in [9.17, 15) is 5.11 Å². The molecule has 1 aromatic carbocycles. The first-order valence-corrected chi connectivity index (χ1v) is 7.26. The summed E-state index contributed by atoms with van der Waals surface area (Å²) in [6.07, 6.45) is 0. The molecule has 0 spiro atoms. The van der Waals surface area contributed by atoms with E-state index in [2.05, 4.69) is 39.2 Å². The van der Waals surface area contributed by atoms with Gasteiger partial charge in [0.15, 0.2) is 5.82 Å². The van der Waals surface area contributed by atoms with Crippen molar-refractivity contribution in [1.29, 1.82) is 0 Å². The number of H-pyrrole nitrogens is 1. The number of piperazine rings is 1. The monoisotopic (exact) mass is 287 g/mol. The highest BCUT2D eigenvalue weighted by atomic mass is 16.3. The Morgan fingerprint density at radius 3 is 2.62 bits per heavy atom. The molecule has 3 rings (SSSR count). The largest absolute Gasteiger partial charge is 0.508 e. The van der Waals surface area contributed by atoms with Crippen molar-refractivity contribution in [2.24, 2.45) is 0 Å². The maximum atomic E-state index is 9.60. The number of rotatable bonds is 2. The molecule has 0 saturated carbocycles. The maximum absolute atomic E-state index is 9.60. The third kappa shape index (κ3) is 2.85. The fourth-order valence-corrected chi connectivity index (χ4v) is 2.82. The van der Waals surface area contributed by atoms with Gasteiger partial charge in [0, 0.05) is 30.7 Å². The van der Waals surface area contributed by atoms with Gasteiger partial charge in [-0.15, -0.1) is 5.10 Å². The van der Waals surface area contributed by atoms with Crippen LogP contribution < -0.4 is 10.2 Å². The lowest BCUT2D eigenvalue weighted by atomic mass is 10.1. The predicted molar refractivity (Wildman–Crippen MR) is 82.5 cm³/mol. The summed E-state index contributed by atoms with van der Waals surface area (Å²) in [6, 6.07) is 6.28. The van der Waals surface area contributed by atoms with Crippen molar-refractivity contribution in [1.82, 2.24) is 20.5 Å². The topological polar surface area (TPSA) is 77.1 Å². The van der Waals surface area contributed by atoms with Crippen LogP contribution in [0.4, 0.5) is 5.95 Å². The molecule has 1 aliphatic rings. The van der Waals surface area contributed by atoms with Crippen LogP contribution in [0.2, 0.25) is 0 Å². The minimum atomic E-state index is 0.295. The standard InChI is InChI=1S/C15H21N5O/c1-9-6-12(4-5-13(9)21)14-17-15(19-18-14)20-7-10(2)16-11(3)8-20/h4-6,10-11,16,21H,7-8H2,1-3H3,(H,17,18,19). The number of benzene rings is 1. The molecule has 0 amide bonds. The molecular weight excluding hydrogens is 266 g/mol. The lowest BCUT2D eigenvalue weighted by molar-refractivity contribution is 0.403. The fourth-order valence-electron chi connectivity index (χ4n) is 2.82. The number of nitrogens with zero attached hydrogens (tertiary/aromatic N) is 3.